The first-order chi connectivity index (χ1) is 7.56. The number of hydrogen-bond acceptors (Lipinski definition) is 4. The van der Waals surface area contributed by atoms with E-state index in [0.717, 1.165) is 11.3 Å². The van der Waals surface area contributed by atoms with E-state index in [2.05, 4.69) is 6.92 Å². The Kier molecular flexibility index (Phi) is 4.50. The maximum Gasteiger partial charge on any atom is 0.306 e. The largest absolute Gasteiger partial charge is 0.469 e. The van der Waals surface area contributed by atoms with E-state index in [9.17, 15) is 4.79 Å². The molecule has 0 aliphatic heterocycles. The highest BCUT2D eigenvalue weighted by molar-refractivity contribution is 7.10. The number of ether oxygens (including phenoxy) is 1. The van der Waals surface area contributed by atoms with Crippen LogP contribution in [0, 0.1) is 0 Å². The molecule has 0 spiro atoms. The van der Waals surface area contributed by atoms with Crippen LogP contribution in [0.4, 0.5) is 0 Å². The van der Waals surface area contributed by atoms with Crippen molar-refractivity contribution >= 4 is 17.3 Å². The number of rotatable bonds is 5. The monoisotopic (exact) mass is 241 g/mol. The maximum absolute atomic E-state index is 11.5. The second kappa shape index (κ2) is 5.46. The number of nitrogens with two attached hydrogens (primary N) is 1. The maximum atomic E-state index is 11.5. The molecule has 1 rings (SSSR count). The van der Waals surface area contributed by atoms with Gasteiger partial charge >= 0.3 is 5.97 Å². The van der Waals surface area contributed by atoms with E-state index in [-0.39, 0.29) is 17.4 Å². The molecule has 1 heterocycles. The van der Waals surface area contributed by atoms with Crippen LogP contribution in [0.1, 0.15) is 31.6 Å². The fourth-order valence-electron chi connectivity index (χ4n) is 1.99. The van der Waals surface area contributed by atoms with E-state index in [1.165, 1.54) is 7.11 Å². The Morgan fingerprint density at radius 1 is 1.69 bits per heavy atom. The number of methoxy groups -OCH3 is 1. The van der Waals surface area contributed by atoms with Gasteiger partial charge in [0.15, 0.2) is 0 Å². The molecule has 0 radical (unpaired) electrons. The number of carbonyl (C=O) groups is 1. The summed E-state index contributed by atoms with van der Waals surface area (Å²) in [6.07, 6.45) is 1.18. The Morgan fingerprint density at radius 3 is 2.75 bits per heavy atom. The Morgan fingerprint density at radius 2 is 2.38 bits per heavy atom. The Labute approximate surface area is 101 Å². The lowest BCUT2D eigenvalue weighted by Gasteiger charge is -2.34. The van der Waals surface area contributed by atoms with Crippen LogP contribution >= 0.6 is 11.3 Å². The van der Waals surface area contributed by atoms with Gasteiger partial charge in [-0.25, -0.2) is 0 Å². The van der Waals surface area contributed by atoms with Crippen LogP contribution in [-0.2, 0) is 14.9 Å². The molecular weight excluding hydrogens is 222 g/mol. The molecule has 0 aliphatic rings. The smallest absolute Gasteiger partial charge is 0.306 e. The first-order valence-corrected chi connectivity index (χ1v) is 6.31. The van der Waals surface area contributed by atoms with Crippen LogP contribution in [0.5, 0.6) is 0 Å². The summed E-state index contributed by atoms with van der Waals surface area (Å²) < 4.78 is 4.77. The summed E-state index contributed by atoms with van der Waals surface area (Å²) in [7, 11) is 1.42. The van der Waals surface area contributed by atoms with Crippen molar-refractivity contribution in [3.05, 3.63) is 22.4 Å². The normalized spacial score (nSPS) is 16.5. The van der Waals surface area contributed by atoms with Crippen molar-refractivity contribution in [1.29, 1.82) is 0 Å². The van der Waals surface area contributed by atoms with Gasteiger partial charge in [-0.15, -0.1) is 11.3 Å². The number of thiophene rings is 1. The van der Waals surface area contributed by atoms with Crippen LogP contribution in [0.25, 0.3) is 0 Å². The average Bonchev–Trinajstić information content (AvgIpc) is 2.78. The zero-order chi connectivity index (χ0) is 12.2. The highest BCUT2D eigenvalue weighted by Gasteiger charge is 2.38. The zero-order valence-corrected chi connectivity index (χ0v) is 10.8. The van der Waals surface area contributed by atoms with Crippen molar-refractivity contribution in [2.45, 2.75) is 38.1 Å². The van der Waals surface area contributed by atoms with Crippen molar-refractivity contribution in [3.8, 4) is 0 Å². The van der Waals surface area contributed by atoms with E-state index in [1.807, 2.05) is 24.4 Å². The number of carbonyl (C=O) groups excluding carboxylic acids is 1. The topological polar surface area (TPSA) is 52.3 Å². The lowest BCUT2D eigenvalue weighted by Crippen LogP contribution is -2.44. The summed E-state index contributed by atoms with van der Waals surface area (Å²) in [6.45, 7) is 4.01. The van der Waals surface area contributed by atoms with Crippen LogP contribution in [0.2, 0.25) is 0 Å². The van der Waals surface area contributed by atoms with Gasteiger partial charge in [-0.1, -0.05) is 13.0 Å². The zero-order valence-electron chi connectivity index (χ0n) is 10.0. The van der Waals surface area contributed by atoms with Crippen molar-refractivity contribution in [3.63, 3.8) is 0 Å². The van der Waals surface area contributed by atoms with E-state index in [0.29, 0.717) is 6.42 Å². The van der Waals surface area contributed by atoms with Crippen molar-refractivity contribution in [1.82, 2.24) is 0 Å². The van der Waals surface area contributed by atoms with Crippen LogP contribution < -0.4 is 5.73 Å². The molecule has 0 bridgehead atoms. The predicted molar refractivity (Wildman–Crippen MR) is 66.6 cm³/mol. The van der Waals surface area contributed by atoms with Gasteiger partial charge in [0.1, 0.15) is 0 Å². The summed E-state index contributed by atoms with van der Waals surface area (Å²) >= 11 is 1.65. The third-order valence-electron chi connectivity index (χ3n) is 3.20. The van der Waals surface area contributed by atoms with E-state index < -0.39 is 0 Å². The summed E-state index contributed by atoms with van der Waals surface area (Å²) in [5.41, 5.74) is 5.78. The first-order valence-electron chi connectivity index (χ1n) is 5.43. The summed E-state index contributed by atoms with van der Waals surface area (Å²) in [5, 5.41) is 2.01. The molecule has 2 atom stereocenters. The van der Waals surface area contributed by atoms with E-state index >= 15 is 0 Å². The van der Waals surface area contributed by atoms with Gasteiger partial charge in [-0.3, -0.25) is 4.79 Å². The van der Waals surface area contributed by atoms with Crippen LogP contribution in [0.3, 0.4) is 0 Å². The standard InChI is InChI=1S/C12H19NO2S/c1-4-12(9(2)13,8-11(14)15-3)10-6-5-7-16-10/h5-7,9H,4,8,13H2,1-3H3. The van der Waals surface area contributed by atoms with Gasteiger partial charge in [0.25, 0.3) is 0 Å². The fraction of sp³-hybridized carbons (Fsp3) is 0.583. The molecule has 90 valence electrons. The van der Waals surface area contributed by atoms with Gasteiger partial charge in [-0.05, 0) is 24.8 Å². The summed E-state index contributed by atoms with van der Waals surface area (Å²) in [6, 6.07) is 3.96. The molecule has 2 unspecified atom stereocenters. The number of esters is 1. The molecule has 1 aromatic heterocycles. The van der Waals surface area contributed by atoms with Crippen LogP contribution in [-0.4, -0.2) is 19.1 Å². The van der Waals surface area contributed by atoms with Gasteiger partial charge in [-0.2, -0.15) is 0 Å². The van der Waals surface area contributed by atoms with Gasteiger partial charge in [0.05, 0.1) is 13.5 Å². The minimum absolute atomic E-state index is 0.0738. The Hall–Kier alpha value is -0.870. The molecule has 0 amide bonds. The Balaban J connectivity index is 3.05. The second-order valence-electron chi connectivity index (χ2n) is 4.03. The van der Waals surface area contributed by atoms with Crippen molar-refractivity contribution < 1.29 is 9.53 Å². The molecule has 0 saturated heterocycles. The summed E-state index contributed by atoms with van der Waals surface area (Å²) in [4.78, 5) is 12.7. The lowest BCUT2D eigenvalue weighted by atomic mass is 9.74. The quantitative estimate of drug-likeness (QED) is 0.805. The molecule has 0 fully saturated rings. The molecule has 3 nitrogen and oxygen atoms in total. The molecule has 0 aromatic carbocycles. The molecule has 16 heavy (non-hydrogen) atoms. The molecular formula is C12H19NO2S. The van der Waals surface area contributed by atoms with Crippen molar-refractivity contribution in [2.75, 3.05) is 7.11 Å². The summed E-state index contributed by atoms with van der Waals surface area (Å²) in [5.74, 6) is -0.201. The third kappa shape index (κ3) is 2.44. The first kappa shape index (κ1) is 13.2. The SMILES string of the molecule is CCC(CC(=O)OC)(c1cccs1)C(C)N. The minimum atomic E-state index is -0.290. The van der Waals surface area contributed by atoms with Gasteiger partial charge in [0.2, 0.25) is 0 Å². The highest BCUT2D eigenvalue weighted by atomic mass is 32.1. The highest BCUT2D eigenvalue weighted by Crippen LogP contribution is 2.37. The fourth-order valence-corrected chi connectivity index (χ4v) is 3.08. The molecule has 2 N–H and O–H groups in total. The second-order valence-corrected chi connectivity index (χ2v) is 4.98. The molecule has 0 aliphatic carbocycles. The lowest BCUT2D eigenvalue weighted by molar-refractivity contribution is -0.142. The van der Waals surface area contributed by atoms with Gasteiger partial charge in [0, 0.05) is 16.3 Å². The average molecular weight is 241 g/mol. The molecule has 0 saturated carbocycles. The predicted octanol–water partition coefficient (Wildman–Crippen LogP) is 2.31. The van der Waals surface area contributed by atoms with Crippen LogP contribution in [0.15, 0.2) is 17.5 Å². The molecule has 4 heteroatoms. The molecule has 1 aromatic rings. The van der Waals surface area contributed by atoms with E-state index in [1.54, 1.807) is 11.3 Å². The van der Waals surface area contributed by atoms with Gasteiger partial charge < -0.3 is 10.5 Å². The van der Waals surface area contributed by atoms with Crippen molar-refractivity contribution in [2.24, 2.45) is 5.73 Å². The minimum Gasteiger partial charge on any atom is -0.469 e. The number of hydrogen-bond donors (Lipinski definition) is 1. The third-order valence-corrected chi connectivity index (χ3v) is 4.29. The Bertz CT molecular complexity index is 335. The van der Waals surface area contributed by atoms with E-state index in [4.69, 9.17) is 10.5 Å².